The van der Waals surface area contributed by atoms with Crippen LogP contribution in [0.15, 0.2) is 30.3 Å². The predicted molar refractivity (Wildman–Crippen MR) is 73.9 cm³/mol. The van der Waals surface area contributed by atoms with E-state index in [1.807, 2.05) is 30.3 Å². The minimum Gasteiger partial charge on any atom is -0.445 e. The fourth-order valence-electron chi connectivity index (χ4n) is 1.61. The Morgan fingerprint density at radius 2 is 1.95 bits per heavy atom. The molecule has 2 amide bonds. The number of carbonyl (C=O) groups is 2. The van der Waals surface area contributed by atoms with Gasteiger partial charge in [0.05, 0.1) is 0 Å². The van der Waals surface area contributed by atoms with Gasteiger partial charge in [0.15, 0.2) is 0 Å². The first-order valence-electron chi connectivity index (χ1n) is 6.34. The number of amides is 2. The summed E-state index contributed by atoms with van der Waals surface area (Å²) in [4.78, 5) is 24.8. The Morgan fingerprint density at radius 3 is 2.50 bits per heavy atom. The van der Waals surface area contributed by atoms with E-state index in [4.69, 9.17) is 9.84 Å². The van der Waals surface area contributed by atoms with E-state index in [9.17, 15) is 9.59 Å². The molecule has 0 fully saturated rings. The summed E-state index contributed by atoms with van der Waals surface area (Å²) in [6, 6.07) is 8.46. The number of rotatable bonds is 6. The van der Waals surface area contributed by atoms with E-state index in [-0.39, 0.29) is 25.5 Å². The summed E-state index contributed by atoms with van der Waals surface area (Å²) >= 11 is 0. The molecular weight excluding hydrogens is 260 g/mol. The van der Waals surface area contributed by atoms with Gasteiger partial charge in [0.1, 0.15) is 12.6 Å². The Labute approximate surface area is 118 Å². The second kappa shape index (κ2) is 8.16. The van der Waals surface area contributed by atoms with E-state index in [1.165, 1.54) is 4.90 Å². The molecule has 0 aliphatic rings. The highest BCUT2D eigenvalue weighted by molar-refractivity contribution is 5.85. The van der Waals surface area contributed by atoms with Gasteiger partial charge < -0.3 is 20.1 Å². The third kappa shape index (κ3) is 5.27. The highest BCUT2D eigenvalue weighted by Gasteiger charge is 2.22. The van der Waals surface area contributed by atoms with E-state index >= 15 is 0 Å². The lowest BCUT2D eigenvalue weighted by Crippen LogP contribution is -2.46. The van der Waals surface area contributed by atoms with Gasteiger partial charge in [-0.05, 0) is 12.0 Å². The third-order valence-corrected chi connectivity index (χ3v) is 2.66. The maximum atomic E-state index is 11.8. The van der Waals surface area contributed by atoms with E-state index in [1.54, 1.807) is 14.1 Å². The van der Waals surface area contributed by atoms with Crippen LogP contribution in [-0.4, -0.2) is 48.8 Å². The first kappa shape index (κ1) is 16.0. The lowest BCUT2D eigenvalue weighted by atomic mass is 10.2. The number of hydrogen-bond donors (Lipinski definition) is 2. The van der Waals surface area contributed by atoms with Gasteiger partial charge in [0.25, 0.3) is 0 Å². The summed E-state index contributed by atoms with van der Waals surface area (Å²) in [7, 11) is 3.17. The van der Waals surface area contributed by atoms with Crippen LogP contribution >= 0.6 is 0 Å². The molecule has 1 atom stereocenters. The first-order chi connectivity index (χ1) is 9.54. The number of carbonyl (C=O) groups excluding carboxylic acids is 2. The molecule has 0 saturated heterocycles. The zero-order valence-corrected chi connectivity index (χ0v) is 11.7. The Hall–Kier alpha value is -2.08. The van der Waals surface area contributed by atoms with Crippen molar-refractivity contribution in [2.45, 2.75) is 19.1 Å². The monoisotopic (exact) mass is 280 g/mol. The van der Waals surface area contributed by atoms with Crippen LogP contribution < -0.4 is 5.32 Å². The van der Waals surface area contributed by atoms with Crippen LogP contribution in [0, 0.1) is 0 Å². The fraction of sp³-hybridized carbons (Fsp3) is 0.429. The molecule has 6 nitrogen and oxygen atoms in total. The number of hydrogen-bond acceptors (Lipinski definition) is 4. The minimum atomic E-state index is -0.779. The normalized spacial score (nSPS) is 11.6. The summed E-state index contributed by atoms with van der Waals surface area (Å²) in [6.07, 6.45) is -0.528. The summed E-state index contributed by atoms with van der Waals surface area (Å²) in [6.45, 7) is -0.0577. The zero-order chi connectivity index (χ0) is 15.0. The van der Waals surface area contributed by atoms with Crippen molar-refractivity contribution in [3.63, 3.8) is 0 Å². The standard InChI is InChI=1S/C14H20N2O4/c1-16(2)13(18)12(8-9-17)15-14(19)20-10-11-6-4-3-5-7-11/h3-7,12,17H,8-10H2,1-2H3,(H,15,19)/t12-/m0/s1. The van der Waals surface area contributed by atoms with E-state index < -0.39 is 12.1 Å². The van der Waals surface area contributed by atoms with Crippen LogP contribution in [-0.2, 0) is 16.1 Å². The van der Waals surface area contributed by atoms with Crippen LogP contribution in [0.25, 0.3) is 0 Å². The molecule has 0 aliphatic carbocycles. The highest BCUT2D eigenvalue weighted by Crippen LogP contribution is 2.02. The van der Waals surface area contributed by atoms with Crippen molar-refractivity contribution in [1.29, 1.82) is 0 Å². The van der Waals surface area contributed by atoms with Gasteiger partial charge in [-0.25, -0.2) is 4.79 Å². The molecule has 0 aliphatic heterocycles. The average molecular weight is 280 g/mol. The molecule has 0 unspecified atom stereocenters. The first-order valence-corrected chi connectivity index (χ1v) is 6.34. The number of nitrogens with zero attached hydrogens (tertiary/aromatic N) is 1. The van der Waals surface area contributed by atoms with Crippen LogP contribution in [0.1, 0.15) is 12.0 Å². The number of benzene rings is 1. The van der Waals surface area contributed by atoms with Gasteiger partial charge in [-0.15, -0.1) is 0 Å². The van der Waals surface area contributed by atoms with E-state index in [0.29, 0.717) is 0 Å². The van der Waals surface area contributed by atoms with E-state index in [0.717, 1.165) is 5.56 Å². The lowest BCUT2D eigenvalue weighted by molar-refractivity contribution is -0.131. The second-order valence-electron chi connectivity index (χ2n) is 4.50. The number of nitrogens with one attached hydrogen (secondary N) is 1. The Kier molecular flexibility index (Phi) is 6.52. The molecule has 1 rings (SSSR count). The molecule has 0 saturated carbocycles. The van der Waals surface area contributed by atoms with Crippen molar-refractivity contribution >= 4 is 12.0 Å². The number of likely N-dealkylation sites (N-methyl/N-ethyl adjacent to an activating group) is 1. The molecule has 2 N–H and O–H groups in total. The Bertz CT molecular complexity index is 434. The van der Waals surface area contributed by atoms with Gasteiger partial charge in [0, 0.05) is 20.7 Å². The van der Waals surface area contributed by atoms with Crippen molar-refractivity contribution in [2.75, 3.05) is 20.7 Å². The fourth-order valence-corrected chi connectivity index (χ4v) is 1.61. The maximum Gasteiger partial charge on any atom is 0.408 e. The molecule has 6 heteroatoms. The molecule has 0 spiro atoms. The lowest BCUT2D eigenvalue weighted by Gasteiger charge is -2.20. The van der Waals surface area contributed by atoms with E-state index in [2.05, 4.69) is 5.32 Å². The van der Waals surface area contributed by atoms with Crippen molar-refractivity contribution in [1.82, 2.24) is 10.2 Å². The van der Waals surface area contributed by atoms with Crippen LogP contribution in [0.2, 0.25) is 0 Å². The minimum absolute atomic E-state index is 0.134. The second-order valence-corrected chi connectivity index (χ2v) is 4.50. The van der Waals surface area contributed by atoms with Crippen molar-refractivity contribution < 1.29 is 19.4 Å². The van der Waals surface area contributed by atoms with Gasteiger partial charge in [0.2, 0.25) is 5.91 Å². The van der Waals surface area contributed by atoms with Gasteiger partial charge >= 0.3 is 6.09 Å². The molecule has 1 aromatic carbocycles. The molecule has 0 heterocycles. The smallest absolute Gasteiger partial charge is 0.408 e. The SMILES string of the molecule is CN(C)C(=O)[C@H](CCO)NC(=O)OCc1ccccc1. The molecule has 20 heavy (non-hydrogen) atoms. The van der Waals surface area contributed by atoms with Crippen LogP contribution in [0.4, 0.5) is 4.79 Å². The Balaban J connectivity index is 2.47. The van der Waals surface area contributed by atoms with Gasteiger partial charge in [-0.1, -0.05) is 30.3 Å². The topological polar surface area (TPSA) is 78.9 Å². The number of aliphatic hydroxyl groups excluding tert-OH is 1. The molecule has 0 bridgehead atoms. The van der Waals surface area contributed by atoms with Crippen LogP contribution in [0.3, 0.4) is 0 Å². The molecular formula is C14H20N2O4. The number of aliphatic hydroxyl groups is 1. The quantitative estimate of drug-likeness (QED) is 0.806. The zero-order valence-electron chi connectivity index (χ0n) is 11.7. The van der Waals surface area contributed by atoms with Gasteiger partial charge in [-0.2, -0.15) is 0 Å². The van der Waals surface area contributed by atoms with Crippen LogP contribution in [0.5, 0.6) is 0 Å². The number of ether oxygens (including phenoxy) is 1. The summed E-state index contributed by atoms with van der Waals surface area (Å²) in [5.74, 6) is -0.282. The van der Waals surface area contributed by atoms with Crippen molar-refractivity contribution in [2.24, 2.45) is 0 Å². The van der Waals surface area contributed by atoms with Crippen molar-refractivity contribution in [3.8, 4) is 0 Å². The maximum absolute atomic E-state index is 11.8. The van der Waals surface area contributed by atoms with Gasteiger partial charge in [-0.3, -0.25) is 4.79 Å². The summed E-state index contributed by atoms with van der Waals surface area (Å²) in [5, 5.41) is 11.4. The average Bonchev–Trinajstić information content (AvgIpc) is 2.45. The number of alkyl carbamates (subject to hydrolysis) is 1. The third-order valence-electron chi connectivity index (χ3n) is 2.66. The van der Waals surface area contributed by atoms with Crippen molar-refractivity contribution in [3.05, 3.63) is 35.9 Å². The summed E-state index contributed by atoms with van der Waals surface area (Å²) < 4.78 is 5.03. The largest absolute Gasteiger partial charge is 0.445 e. The molecule has 1 aromatic rings. The molecule has 110 valence electrons. The highest BCUT2D eigenvalue weighted by atomic mass is 16.5. The molecule has 0 aromatic heterocycles. The molecule has 0 radical (unpaired) electrons. The Morgan fingerprint density at radius 1 is 1.30 bits per heavy atom. The predicted octanol–water partition coefficient (Wildman–Crippen LogP) is 0.752. The summed E-state index contributed by atoms with van der Waals surface area (Å²) in [5.41, 5.74) is 0.861.